The summed E-state index contributed by atoms with van der Waals surface area (Å²) in [6.07, 6.45) is 1.99. The van der Waals surface area contributed by atoms with Crippen molar-refractivity contribution in [2.24, 2.45) is 0 Å². The van der Waals surface area contributed by atoms with Gasteiger partial charge in [0.15, 0.2) is 0 Å². The minimum atomic E-state index is 0.128. The van der Waals surface area contributed by atoms with Gasteiger partial charge in [-0.25, -0.2) is 4.98 Å². The average molecular weight is 187 g/mol. The minimum absolute atomic E-state index is 0.128. The zero-order valence-electron chi connectivity index (χ0n) is 7.08. The van der Waals surface area contributed by atoms with Gasteiger partial charge < -0.3 is 10.4 Å². The van der Waals surface area contributed by atoms with Crippen molar-refractivity contribution in [2.45, 2.75) is 19.8 Å². The lowest BCUT2D eigenvalue weighted by atomic mass is 10.3. The third-order valence-corrected chi connectivity index (χ3v) is 2.04. The van der Waals surface area contributed by atoms with Gasteiger partial charge in [-0.15, -0.1) is 0 Å². The summed E-state index contributed by atoms with van der Waals surface area (Å²) >= 11 is 1.35. The van der Waals surface area contributed by atoms with E-state index in [0.29, 0.717) is 6.54 Å². The summed E-state index contributed by atoms with van der Waals surface area (Å²) < 4.78 is 4.15. The number of aromatic nitrogens is 2. The van der Waals surface area contributed by atoms with Crippen molar-refractivity contribution in [3.05, 3.63) is 5.82 Å². The lowest BCUT2D eigenvalue weighted by Crippen LogP contribution is -2.04. The predicted octanol–water partition coefficient (Wildman–Crippen LogP) is 0.895. The van der Waals surface area contributed by atoms with Crippen LogP contribution >= 0.6 is 11.5 Å². The van der Waals surface area contributed by atoms with Crippen LogP contribution in [-0.4, -0.2) is 27.6 Å². The first-order valence-corrected chi connectivity index (χ1v) is 4.81. The second-order valence-corrected chi connectivity index (χ2v) is 3.17. The molecule has 0 spiro atoms. The molecule has 0 fully saturated rings. The topological polar surface area (TPSA) is 58.0 Å². The molecule has 68 valence electrons. The lowest BCUT2D eigenvalue weighted by molar-refractivity contribution is 0.311. The summed E-state index contributed by atoms with van der Waals surface area (Å²) in [5, 5.41) is 12.3. The van der Waals surface area contributed by atoms with Crippen molar-refractivity contribution >= 4 is 16.7 Å². The van der Waals surface area contributed by atoms with Gasteiger partial charge >= 0.3 is 0 Å². The van der Waals surface area contributed by atoms with Crippen molar-refractivity contribution in [1.29, 1.82) is 0 Å². The van der Waals surface area contributed by atoms with Crippen molar-refractivity contribution in [1.82, 2.24) is 9.36 Å². The van der Waals surface area contributed by atoms with Crippen LogP contribution in [0.1, 0.15) is 19.2 Å². The molecule has 1 aromatic rings. The highest BCUT2D eigenvalue weighted by atomic mass is 32.1. The molecule has 1 heterocycles. The van der Waals surface area contributed by atoms with Crippen molar-refractivity contribution in [2.75, 3.05) is 18.5 Å². The standard InChI is InChI=1S/C7H13N3OS/c1-2-3-6-9-7(12-10-6)8-4-5-11/h11H,2-5H2,1H3,(H,8,9,10). The number of aliphatic hydroxyl groups excluding tert-OH is 1. The molecule has 0 bridgehead atoms. The number of hydrogen-bond donors (Lipinski definition) is 2. The van der Waals surface area contributed by atoms with E-state index in [4.69, 9.17) is 5.11 Å². The molecular weight excluding hydrogens is 174 g/mol. The molecule has 0 amide bonds. The first kappa shape index (κ1) is 9.41. The monoisotopic (exact) mass is 187 g/mol. The number of anilines is 1. The summed E-state index contributed by atoms with van der Waals surface area (Å²) in [5.74, 6) is 0.892. The molecule has 0 radical (unpaired) electrons. The Morgan fingerprint density at radius 3 is 3.08 bits per heavy atom. The molecule has 0 aliphatic carbocycles. The van der Waals surface area contributed by atoms with Crippen LogP contribution < -0.4 is 5.32 Å². The molecule has 0 aromatic carbocycles. The number of hydrogen-bond acceptors (Lipinski definition) is 5. The van der Waals surface area contributed by atoms with Crippen LogP contribution in [0.2, 0.25) is 0 Å². The van der Waals surface area contributed by atoms with Gasteiger partial charge in [0, 0.05) is 24.5 Å². The van der Waals surface area contributed by atoms with E-state index in [-0.39, 0.29) is 6.61 Å². The van der Waals surface area contributed by atoms with Gasteiger partial charge in [-0.3, -0.25) is 0 Å². The molecule has 0 saturated heterocycles. The maximum atomic E-state index is 8.53. The van der Waals surface area contributed by atoms with Crippen LogP contribution in [0.25, 0.3) is 0 Å². The van der Waals surface area contributed by atoms with E-state index in [0.717, 1.165) is 23.8 Å². The zero-order valence-corrected chi connectivity index (χ0v) is 7.89. The molecule has 0 saturated carbocycles. The number of rotatable bonds is 5. The molecule has 1 rings (SSSR count). The van der Waals surface area contributed by atoms with Gasteiger partial charge in [-0.1, -0.05) is 6.92 Å². The molecule has 4 nitrogen and oxygen atoms in total. The lowest BCUT2D eigenvalue weighted by Gasteiger charge is -1.95. The van der Waals surface area contributed by atoms with Gasteiger partial charge in [0.1, 0.15) is 5.82 Å². The molecule has 2 N–H and O–H groups in total. The van der Waals surface area contributed by atoms with Gasteiger partial charge in [0.05, 0.1) is 6.61 Å². The van der Waals surface area contributed by atoms with Crippen LogP contribution in [-0.2, 0) is 6.42 Å². The first-order valence-electron chi connectivity index (χ1n) is 4.04. The Hall–Kier alpha value is -0.680. The second-order valence-electron chi connectivity index (χ2n) is 2.42. The molecule has 0 atom stereocenters. The van der Waals surface area contributed by atoms with E-state index in [1.165, 1.54) is 11.5 Å². The molecule has 0 aliphatic rings. The summed E-state index contributed by atoms with van der Waals surface area (Å²) in [5.41, 5.74) is 0. The Bertz CT molecular complexity index is 226. The van der Waals surface area contributed by atoms with Crippen LogP contribution in [0.4, 0.5) is 5.13 Å². The number of aryl methyl sites for hydroxylation is 1. The summed E-state index contributed by atoms with van der Waals surface area (Å²) in [4.78, 5) is 4.22. The highest BCUT2D eigenvalue weighted by Gasteiger charge is 2.00. The second kappa shape index (κ2) is 5.05. The van der Waals surface area contributed by atoms with E-state index in [1.54, 1.807) is 0 Å². The maximum absolute atomic E-state index is 8.53. The fourth-order valence-electron chi connectivity index (χ4n) is 0.814. The van der Waals surface area contributed by atoms with Gasteiger partial charge in [0.2, 0.25) is 5.13 Å². The van der Waals surface area contributed by atoms with Crippen LogP contribution in [0.15, 0.2) is 0 Å². The smallest absolute Gasteiger partial charge is 0.202 e. The molecule has 0 aliphatic heterocycles. The number of aliphatic hydroxyl groups is 1. The Balaban J connectivity index is 2.41. The SMILES string of the molecule is CCCc1nsc(NCCO)n1. The molecule has 1 aromatic heterocycles. The van der Waals surface area contributed by atoms with Crippen LogP contribution in [0.5, 0.6) is 0 Å². The fourth-order valence-corrected chi connectivity index (χ4v) is 1.45. The van der Waals surface area contributed by atoms with Gasteiger partial charge in [-0.05, 0) is 6.42 Å². The van der Waals surface area contributed by atoms with E-state index in [2.05, 4.69) is 21.6 Å². The van der Waals surface area contributed by atoms with Gasteiger partial charge in [0.25, 0.3) is 0 Å². The Kier molecular flexibility index (Phi) is 3.96. The van der Waals surface area contributed by atoms with E-state index in [1.807, 2.05) is 0 Å². The third kappa shape index (κ3) is 2.75. The fraction of sp³-hybridized carbons (Fsp3) is 0.714. The molecule has 0 unspecified atom stereocenters. The Morgan fingerprint density at radius 2 is 2.42 bits per heavy atom. The minimum Gasteiger partial charge on any atom is -0.395 e. The quantitative estimate of drug-likeness (QED) is 0.719. The summed E-state index contributed by atoms with van der Waals surface area (Å²) in [6, 6.07) is 0. The van der Waals surface area contributed by atoms with E-state index >= 15 is 0 Å². The normalized spacial score (nSPS) is 10.2. The third-order valence-electron chi connectivity index (χ3n) is 1.33. The molecular formula is C7H13N3OS. The number of nitrogens with one attached hydrogen (secondary N) is 1. The van der Waals surface area contributed by atoms with Crippen LogP contribution in [0, 0.1) is 0 Å². The van der Waals surface area contributed by atoms with E-state index in [9.17, 15) is 0 Å². The Morgan fingerprint density at radius 1 is 1.58 bits per heavy atom. The van der Waals surface area contributed by atoms with Crippen LogP contribution in [0.3, 0.4) is 0 Å². The molecule has 12 heavy (non-hydrogen) atoms. The largest absolute Gasteiger partial charge is 0.395 e. The maximum Gasteiger partial charge on any atom is 0.202 e. The Labute approximate surface area is 75.8 Å². The highest BCUT2D eigenvalue weighted by Crippen LogP contribution is 2.11. The highest BCUT2D eigenvalue weighted by molar-refractivity contribution is 7.09. The average Bonchev–Trinajstić information content (AvgIpc) is 2.50. The molecule has 5 heteroatoms. The predicted molar refractivity (Wildman–Crippen MR) is 49.5 cm³/mol. The number of nitrogens with zero attached hydrogens (tertiary/aromatic N) is 2. The summed E-state index contributed by atoms with van der Waals surface area (Å²) in [6.45, 7) is 2.77. The van der Waals surface area contributed by atoms with Crippen molar-refractivity contribution in [3.8, 4) is 0 Å². The van der Waals surface area contributed by atoms with Crippen molar-refractivity contribution in [3.63, 3.8) is 0 Å². The van der Waals surface area contributed by atoms with Crippen molar-refractivity contribution < 1.29 is 5.11 Å². The first-order chi connectivity index (χ1) is 5.86. The summed E-state index contributed by atoms with van der Waals surface area (Å²) in [7, 11) is 0. The van der Waals surface area contributed by atoms with Gasteiger partial charge in [-0.2, -0.15) is 4.37 Å². The van der Waals surface area contributed by atoms with E-state index < -0.39 is 0 Å². The zero-order chi connectivity index (χ0) is 8.81.